The molecule has 4 rings (SSSR count). The van der Waals surface area contributed by atoms with Crippen molar-refractivity contribution in [3.63, 3.8) is 0 Å². The van der Waals surface area contributed by atoms with Crippen LogP contribution in [0.25, 0.3) is 0 Å². The molecule has 180 valence electrons. The zero-order valence-corrected chi connectivity index (χ0v) is 18.9. The predicted molar refractivity (Wildman–Crippen MR) is 124 cm³/mol. The van der Waals surface area contributed by atoms with Crippen molar-refractivity contribution in [2.75, 3.05) is 13.7 Å². The molecule has 3 aromatic carbocycles. The average molecular weight is 476 g/mol. The molecule has 0 amide bonds. The van der Waals surface area contributed by atoms with Crippen molar-refractivity contribution >= 4 is 17.9 Å². The second-order valence-corrected chi connectivity index (χ2v) is 7.72. The first-order valence-corrected chi connectivity index (χ1v) is 11.0. The molecule has 3 aromatic rings. The van der Waals surface area contributed by atoms with Gasteiger partial charge in [-0.05, 0) is 36.4 Å². The molecule has 4 atom stereocenters. The van der Waals surface area contributed by atoms with Crippen LogP contribution in [0.3, 0.4) is 0 Å². The van der Waals surface area contributed by atoms with E-state index in [1.165, 1.54) is 7.11 Å². The molecule has 0 aliphatic carbocycles. The van der Waals surface area contributed by atoms with Crippen LogP contribution in [0.2, 0.25) is 0 Å². The Morgan fingerprint density at radius 3 is 1.54 bits per heavy atom. The van der Waals surface area contributed by atoms with Crippen molar-refractivity contribution < 1.29 is 38.1 Å². The van der Waals surface area contributed by atoms with Crippen molar-refractivity contribution in [1.82, 2.24) is 0 Å². The highest BCUT2D eigenvalue weighted by atomic mass is 16.7. The Morgan fingerprint density at radius 2 is 1.09 bits per heavy atom. The van der Waals surface area contributed by atoms with E-state index in [4.69, 9.17) is 23.7 Å². The number of hydrogen-bond acceptors (Lipinski definition) is 8. The second kappa shape index (κ2) is 11.4. The molecule has 0 N–H and O–H groups in total. The third-order valence-corrected chi connectivity index (χ3v) is 5.39. The number of rotatable bonds is 8. The van der Waals surface area contributed by atoms with Gasteiger partial charge in [0.05, 0.1) is 16.7 Å². The van der Waals surface area contributed by atoms with Gasteiger partial charge in [0, 0.05) is 7.11 Å². The first-order chi connectivity index (χ1) is 17.1. The van der Waals surface area contributed by atoms with Gasteiger partial charge in [0.25, 0.3) is 0 Å². The molecule has 1 heterocycles. The molecule has 1 unspecified atom stereocenters. The summed E-state index contributed by atoms with van der Waals surface area (Å²) in [4.78, 5) is 38.0. The van der Waals surface area contributed by atoms with Crippen molar-refractivity contribution in [1.29, 1.82) is 0 Å². The zero-order chi connectivity index (χ0) is 24.6. The van der Waals surface area contributed by atoms with Gasteiger partial charge in [-0.15, -0.1) is 0 Å². The van der Waals surface area contributed by atoms with Gasteiger partial charge in [0.1, 0.15) is 12.7 Å². The number of carbonyl (C=O) groups is 3. The monoisotopic (exact) mass is 476 g/mol. The zero-order valence-electron chi connectivity index (χ0n) is 18.9. The summed E-state index contributed by atoms with van der Waals surface area (Å²) in [6.07, 6.45) is -4.17. The van der Waals surface area contributed by atoms with Crippen LogP contribution in [0.1, 0.15) is 31.1 Å². The quantitative estimate of drug-likeness (QED) is 0.359. The first-order valence-electron chi connectivity index (χ1n) is 11.0. The van der Waals surface area contributed by atoms with Crippen molar-refractivity contribution in [3.05, 3.63) is 108 Å². The highest BCUT2D eigenvalue weighted by Crippen LogP contribution is 2.29. The first kappa shape index (κ1) is 24.1. The molecule has 0 radical (unpaired) electrons. The van der Waals surface area contributed by atoms with E-state index in [-0.39, 0.29) is 6.61 Å². The van der Waals surface area contributed by atoms with Crippen LogP contribution in [0, 0.1) is 0 Å². The van der Waals surface area contributed by atoms with Crippen LogP contribution in [-0.2, 0) is 23.7 Å². The maximum absolute atomic E-state index is 12.8. The standard InChI is InChI=1S/C27H24O8/c1-31-27-23(35-26(30)20-15-9-4-10-16-20)22(34-25(29)19-13-7-3-8-14-19)21(33-27)17-32-24(28)18-11-5-2-6-12-18/h2-16,21-23,27H,17H2,1H3/t21-,22-,23-,27?/m0/s1. The number of hydrogen-bond donors (Lipinski definition) is 0. The molecule has 0 spiro atoms. The van der Waals surface area contributed by atoms with Gasteiger partial charge in [0.15, 0.2) is 18.5 Å². The van der Waals surface area contributed by atoms with Crippen molar-refractivity contribution in [3.8, 4) is 0 Å². The average Bonchev–Trinajstić information content (AvgIpc) is 3.24. The molecule has 35 heavy (non-hydrogen) atoms. The molecule has 0 saturated carbocycles. The third-order valence-electron chi connectivity index (χ3n) is 5.39. The Balaban J connectivity index is 1.54. The number of esters is 3. The fourth-order valence-electron chi connectivity index (χ4n) is 3.63. The van der Waals surface area contributed by atoms with E-state index in [0.717, 1.165) is 0 Å². The number of methoxy groups -OCH3 is 1. The molecular weight excluding hydrogens is 452 g/mol. The summed E-state index contributed by atoms with van der Waals surface area (Å²) in [5.41, 5.74) is 0.981. The smallest absolute Gasteiger partial charge is 0.338 e. The van der Waals surface area contributed by atoms with Crippen LogP contribution in [0.15, 0.2) is 91.0 Å². The fraction of sp³-hybridized carbons (Fsp3) is 0.222. The topological polar surface area (TPSA) is 97.4 Å². The fourth-order valence-corrected chi connectivity index (χ4v) is 3.63. The van der Waals surface area contributed by atoms with Gasteiger partial charge in [-0.3, -0.25) is 0 Å². The van der Waals surface area contributed by atoms with Crippen LogP contribution in [-0.4, -0.2) is 56.2 Å². The minimum atomic E-state index is -1.10. The summed E-state index contributed by atoms with van der Waals surface area (Å²) in [6.45, 7) is -0.250. The van der Waals surface area contributed by atoms with Crippen LogP contribution in [0.4, 0.5) is 0 Å². The van der Waals surface area contributed by atoms with E-state index in [1.807, 2.05) is 0 Å². The summed E-state index contributed by atoms with van der Waals surface area (Å²) in [7, 11) is 1.38. The molecule has 1 saturated heterocycles. The van der Waals surface area contributed by atoms with Gasteiger partial charge in [-0.1, -0.05) is 54.6 Å². The minimum absolute atomic E-state index is 0.250. The van der Waals surface area contributed by atoms with E-state index in [2.05, 4.69) is 0 Å². The second-order valence-electron chi connectivity index (χ2n) is 7.72. The molecule has 8 heteroatoms. The van der Waals surface area contributed by atoms with Crippen LogP contribution >= 0.6 is 0 Å². The Labute approximate surface area is 202 Å². The van der Waals surface area contributed by atoms with Gasteiger partial charge in [-0.25, -0.2) is 14.4 Å². The lowest BCUT2D eigenvalue weighted by Gasteiger charge is -2.24. The Kier molecular flexibility index (Phi) is 7.87. The lowest BCUT2D eigenvalue weighted by molar-refractivity contribution is -0.155. The van der Waals surface area contributed by atoms with Crippen molar-refractivity contribution in [2.45, 2.75) is 24.6 Å². The normalized spacial score (nSPS) is 21.2. The molecule has 8 nitrogen and oxygen atoms in total. The lowest BCUT2D eigenvalue weighted by Crippen LogP contribution is -2.42. The Morgan fingerprint density at radius 1 is 0.657 bits per heavy atom. The molecule has 1 fully saturated rings. The SMILES string of the molecule is COC1O[C@@H](COC(=O)c2ccccc2)[C@H](OC(=O)c2ccccc2)[C@@H]1OC(=O)c1ccccc1. The Hall–Kier alpha value is -4.01. The Bertz CT molecular complexity index is 1130. The minimum Gasteiger partial charge on any atom is -0.459 e. The van der Waals surface area contributed by atoms with E-state index in [0.29, 0.717) is 16.7 Å². The van der Waals surface area contributed by atoms with Crippen LogP contribution in [0.5, 0.6) is 0 Å². The highest BCUT2D eigenvalue weighted by molar-refractivity contribution is 5.90. The number of benzene rings is 3. The largest absolute Gasteiger partial charge is 0.459 e. The summed E-state index contributed by atoms with van der Waals surface area (Å²) in [6, 6.07) is 25.2. The van der Waals surface area contributed by atoms with Gasteiger partial charge >= 0.3 is 17.9 Å². The highest BCUT2D eigenvalue weighted by Gasteiger charge is 2.50. The third kappa shape index (κ3) is 5.92. The van der Waals surface area contributed by atoms with Gasteiger partial charge in [0.2, 0.25) is 0 Å². The number of ether oxygens (including phenoxy) is 5. The summed E-state index contributed by atoms with van der Waals surface area (Å²) < 4.78 is 28.0. The van der Waals surface area contributed by atoms with E-state index < -0.39 is 42.5 Å². The molecular formula is C27H24O8. The maximum Gasteiger partial charge on any atom is 0.338 e. The number of carbonyl (C=O) groups excluding carboxylic acids is 3. The maximum atomic E-state index is 12.8. The lowest BCUT2D eigenvalue weighted by atomic mass is 10.1. The van der Waals surface area contributed by atoms with E-state index in [1.54, 1.807) is 91.0 Å². The molecule has 0 bridgehead atoms. The summed E-state index contributed by atoms with van der Waals surface area (Å²) in [5.74, 6) is -1.85. The summed E-state index contributed by atoms with van der Waals surface area (Å²) in [5, 5.41) is 0. The molecule has 0 aromatic heterocycles. The summed E-state index contributed by atoms with van der Waals surface area (Å²) >= 11 is 0. The van der Waals surface area contributed by atoms with Gasteiger partial charge < -0.3 is 23.7 Å². The van der Waals surface area contributed by atoms with Crippen molar-refractivity contribution in [2.24, 2.45) is 0 Å². The molecule has 1 aliphatic heterocycles. The van der Waals surface area contributed by atoms with Gasteiger partial charge in [-0.2, -0.15) is 0 Å². The molecule has 1 aliphatic rings. The predicted octanol–water partition coefficient (Wildman–Crippen LogP) is 3.67. The van der Waals surface area contributed by atoms with E-state index in [9.17, 15) is 14.4 Å². The van der Waals surface area contributed by atoms with Crippen LogP contribution < -0.4 is 0 Å². The van der Waals surface area contributed by atoms with E-state index >= 15 is 0 Å².